The zero-order valence-electron chi connectivity index (χ0n) is 11.4. The molecule has 2 heterocycles. The van der Waals surface area contributed by atoms with Gasteiger partial charge in [0.2, 0.25) is 0 Å². The smallest absolute Gasteiger partial charge is 0.335 e. The number of ether oxygens (including phenoxy) is 1. The van der Waals surface area contributed by atoms with Crippen LogP contribution in [0.4, 0.5) is 0 Å². The van der Waals surface area contributed by atoms with Crippen molar-refractivity contribution in [2.75, 3.05) is 0 Å². The van der Waals surface area contributed by atoms with E-state index in [4.69, 9.17) is 9.84 Å². The van der Waals surface area contributed by atoms with Gasteiger partial charge in [0.05, 0.1) is 5.56 Å². The quantitative estimate of drug-likeness (QED) is 0.795. The molecule has 0 atom stereocenters. The summed E-state index contributed by atoms with van der Waals surface area (Å²) in [6.45, 7) is 2.22. The molecule has 1 aromatic carbocycles. The SMILES string of the molecule is Cc1cccc(OCc2nc3cc(C(=O)O)ccn3n2)c1. The average molecular weight is 283 g/mol. The number of carbonyl (C=O) groups is 1. The fourth-order valence-electron chi connectivity index (χ4n) is 1.97. The van der Waals surface area contributed by atoms with Crippen LogP contribution in [0.1, 0.15) is 21.7 Å². The van der Waals surface area contributed by atoms with E-state index in [9.17, 15) is 4.79 Å². The van der Waals surface area contributed by atoms with Gasteiger partial charge in [-0.1, -0.05) is 12.1 Å². The number of pyridine rings is 1. The van der Waals surface area contributed by atoms with Crippen LogP contribution < -0.4 is 4.74 Å². The Kier molecular flexibility index (Phi) is 3.27. The molecule has 6 heteroatoms. The number of aromatic carboxylic acids is 1. The number of carboxylic acids is 1. The predicted octanol–water partition coefficient (Wildman–Crippen LogP) is 2.31. The van der Waals surface area contributed by atoms with Crippen molar-refractivity contribution in [1.82, 2.24) is 14.6 Å². The molecule has 0 aliphatic rings. The van der Waals surface area contributed by atoms with Crippen molar-refractivity contribution in [2.24, 2.45) is 0 Å². The van der Waals surface area contributed by atoms with Gasteiger partial charge in [-0.2, -0.15) is 0 Å². The number of hydrogen-bond donors (Lipinski definition) is 1. The van der Waals surface area contributed by atoms with Gasteiger partial charge in [0.25, 0.3) is 0 Å². The summed E-state index contributed by atoms with van der Waals surface area (Å²) in [6, 6.07) is 10.7. The molecular formula is C15H13N3O3. The first-order valence-electron chi connectivity index (χ1n) is 6.40. The van der Waals surface area contributed by atoms with Gasteiger partial charge in [0.1, 0.15) is 12.4 Å². The van der Waals surface area contributed by atoms with E-state index in [2.05, 4.69) is 10.1 Å². The molecule has 0 bridgehead atoms. The van der Waals surface area contributed by atoms with E-state index in [1.165, 1.54) is 16.6 Å². The highest BCUT2D eigenvalue weighted by molar-refractivity contribution is 5.88. The summed E-state index contributed by atoms with van der Waals surface area (Å²) in [4.78, 5) is 15.2. The highest BCUT2D eigenvalue weighted by Crippen LogP contribution is 2.14. The molecule has 0 saturated heterocycles. The second-order valence-electron chi connectivity index (χ2n) is 4.66. The minimum Gasteiger partial charge on any atom is -0.486 e. The summed E-state index contributed by atoms with van der Waals surface area (Å²) in [6.07, 6.45) is 1.57. The van der Waals surface area contributed by atoms with E-state index < -0.39 is 5.97 Å². The third-order valence-corrected chi connectivity index (χ3v) is 2.99. The Morgan fingerprint density at radius 3 is 2.95 bits per heavy atom. The molecule has 3 rings (SSSR count). The van der Waals surface area contributed by atoms with E-state index in [1.807, 2.05) is 31.2 Å². The van der Waals surface area contributed by atoms with Gasteiger partial charge in [0.15, 0.2) is 11.5 Å². The van der Waals surface area contributed by atoms with Crippen molar-refractivity contribution in [2.45, 2.75) is 13.5 Å². The molecule has 0 radical (unpaired) electrons. The highest BCUT2D eigenvalue weighted by atomic mass is 16.5. The van der Waals surface area contributed by atoms with Gasteiger partial charge in [-0.3, -0.25) is 0 Å². The van der Waals surface area contributed by atoms with Crippen LogP contribution in [-0.2, 0) is 6.61 Å². The van der Waals surface area contributed by atoms with Crippen molar-refractivity contribution in [3.8, 4) is 5.75 Å². The molecule has 6 nitrogen and oxygen atoms in total. The maximum atomic E-state index is 10.9. The fraction of sp³-hybridized carbons (Fsp3) is 0.133. The van der Waals surface area contributed by atoms with E-state index >= 15 is 0 Å². The van der Waals surface area contributed by atoms with Gasteiger partial charge in [-0.25, -0.2) is 14.3 Å². The Morgan fingerprint density at radius 2 is 2.19 bits per heavy atom. The Labute approximate surface area is 120 Å². The average Bonchev–Trinajstić information content (AvgIpc) is 2.87. The summed E-state index contributed by atoms with van der Waals surface area (Å²) < 4.78 is 7.15. The minimum absolute atomic E-state index is 0.182. The molecule has 3 aromatic rings. The number of rotatable bonds is 4. The first-order chi connectivity index (χ1) is 10.1. The highest BCUT2D eigenvalue weighted by Gasteiger charge is 2.08. The lowest BCUT2D eigenvalue weighted by atomic mass is 10.2. The molecule has 0 saturated carbocycles. The first-order valence-corrected chi connectivity index (χ1v) is 6.40. The third-order valence-electron chi connectivity index (χ3n) is 2.99. The molecule has 106 valence electrons. The van der Waals surface area contributed by atoms with E-state index in [0.717, 1.165) is 11.3 Å². The molecule has 2 aromatic heterocycles. The molecule has 0 amide bonds. The zero-order chi connectivity index (χ0) is 14.8. The van der Waals surface area contributed by atoms with Gasteiger partial charge < -0.3 is 9.84 Å². The van der Waals surface area contributed by atoms with Gasteiger partial charge in [-0.15, -0.1) is 5.10 Å². The normalized spacial score (nSPS) is 10.7. The number of carboxylic acid groups (broad SMARTS) is 1. The molecule has 0 aliphatic heterocycles. The molecule has 0 spiro atoms. The van der Waals surface area contributed by atoms with Crippen LogP contribution in [0.25, 0.3) is 5.65 Å². The van der Waals surface area contributed by atoms with Crippen LogP contribution in [0.2, 0.25) is 0 Å². The van der Waals surface area contributed by atoms with Crippen LogP contribution in [0.15, 0.2) is 42.6 Å². The maximum Gasteiger partial charge on any atom is 0.335 e. The molecule has 0 unspecified atom stereocenters. The topological polar surface area (TPSA) is 76.7 Å². The fourth-order valence-corrected chi connectivity index (χ4v) is 1.97. The van der Waals surface area contributed by atoms with E-state index in [1.54, 1.807) is 6.20 Å². The molecule has 0 aliphatic carbocycles. The molecule has 1 N–H and O–H groups in total. The second kappa shape index (κ2) is 5.24. The molecule has 21 heavy (non-hydrogen) atoms. The lowest BCUT2D eigenvalue weighted by Crippen LogP contribution is -1.98. The number of hydrogen-bond acceptors (Lipinski definition) is 4. The Bertz CT molecular complexity index is 811. The van der Waals surface area contributed by atoms with Crippen LogP contribution in [0.5, 0.6) is 5.75 Å². The van der Waals surface area contributed by atoms with Crippen molar-refractivity contribution in [3.63, 3.8) is 0 Å². The van der Waals surface area contributed by atoms with Crippen LogP contribution in [0, 0.1) is 6.92 Å². The number of benzene rings is 1. The number of fused-ring (bicyclic) bond motifs is 1. The summed E-state index contributed by atoms with van der Waals surface area (Å²) in [5.41, 5.74) is 1.78. The summed E-state index contributed by atoms with van der Waals surface area (Å²) >= 11 is 0. The minimum atomic E-state index is -0.988. The Morgan fingerprint density at radius 1 is 1.33 bits per heavy atom. The summed E-state index contributed by atoms with van der Waals surface area (Å²) in [5, 5.41) is 13.2. The lowest BCUT2D eigenvalue weighted by Gasteiger charge is -2.03. The van der Waals surface area contributed by atoms with Crippen molar-refractivity contribution in [3.05, 3.63) is 59.5 Å². The van der Waals surface area contributed by atoms with Crippen molar-refractivity contribution in [1.29, 1.82) is 0 Å². The maximum absolute atomic E-state index is 10.9. The number of aryl methyl sites for hydroxylation is 1. The van der Waals surface area contributed by atoms with Crippen molar-refractivity contribution >= 4 is 11.6 Å². The molecular weight excluding hydrogens is 270 g/mol. The van der Waals surface area contributed by atoms with Gasteiger partial charge >= 0.3 is 5.97 Å². The first kappa shape index (κ1) is 13.1. The van der Waals surface area contributed by atoms with Gasteiger partial charge in [-0.05, 0) is 36.8 Å². The van der Waals surface area contributed by atoms with E-state index in [-0.39, 0.29) is 12.2 Å². The number of aromatic nitrogens is 3. The second-order valence-corrected chi connectivity index (χ2v) is 4.66. The van der Waals surface area contributed by atoms with Crippen LogP contribution in [0.3, 0.4) is 0 Å². The molecule has 0 fully saturated rings. The summed E-state index contributed by atoms with van der Waals surface area (Å²) in [5.74, 6) is 0.261. The van der Waals surface area contributed by atoms with Crippen LogP contribution in [-0.4, -0.2) is 25.7 Å². The standard InChI is InChI=1S/C15H13N3O3/c1-10-3-2-4-12(7-10)21-9-13-16-14-8-11(15(19)20)5-6-18(14)17-13/h2-8H,9H2,1H3,(H,19,20). The Balaban J connectivity index is 1.80. The lowest BCUT2D eigenvalue weighted by molar-refractivity contribution is 0.0697. The van der Waals surface area contributed by atoms with Crippen molar-refractivity contribution < 1.29 is 14.6 Å². The largest absolute Gasteiger partial charge is 0.486 e. The predicted molar refractivity (Wildman–Crippen MR) is 75.5 cm³/mol. The van der Waals surface area contributed by atoms with E-state index in [0.29, 0.717) is 11.5 Å². The third kappa shape index (κ3) is 2.84. The summed E-state index contributed by atoms with van der Waals surface area (Å²) in [7, 11) is 0. The Hall–Kier alpha value is -2.89. The monoisotopic (exact) mass is 283 g/mol. The van der Waals surface area contributed by atoms with Gasteiger partial charge in [0, 0.05) is 6.20 Å². The number of nitrogens with zero attached hydrogens (tertiary/aromatic N) is 3. The zero-order valence-corrected chi connectivity index (χ0v) is 11.4. The van der Waals surface area contributed by atoms with Crippen LogP contribution >= 0.6 is 0 Å².